The Kier molecular flexibility index (Phi) is 2.88. The third-order valence-electron chi connectivity index (χ3n) is 2.82. The number of nitrogens with two attached hydrogens (primary N) is 1. The largest absolute Gasteiger partial charge is 0.480 e. The van der Waals surface area contributed by atoms with Gasteiger partial charge in [0.15, 0.2) is 0 Å². The van der Waals surface area contributed by atoms with Crippen LogP contribution >= 0.6 is 0 Å². The van der Waals surface area contributed by atoms with Crippen LogP contribution in [0.3, 0.4) is 0 Å². The van der Waals surface area contributed by atoms with Gasteiger partial charge in [-0.15, -0.1) is 0 Å². The van der Waals surface area contributed by atoms with E-state index in [0.29, 0.717) is 11.3 Å². The predicted molar refractivity (Wildman–Crippen MR) is 63.5 cm³/mol. The van der Waals surface area contributed by atoms with E-state index in [4.69, 9.17) is 10.8 Å². The van der Waals surface area contributed by atoms with Crippen molar-refractivity contribution in [1.29, 1.82) is 0 Å². The summed E-state index contributed by atoms with van der Waals surface area (Å²) in [5.74, 6) is -2.56. The Bertz CT molecular complexity index is 553. The molecule has 1 aliphatic rings. The van der Waals surface area contributed by atoms with Crippen molar-refractivity contribution >= 4 is 23.3 Å². The van der Waals surface area contributed by atoms with Crippen molar-refractivity contribution in [3.05, 3.63) is 29.3 Å². The molecule has 1 unspecified atom stereocenters. The summed E-state index contributed by atoms with van der Waals surface area (Å²) in [6.07, 6.45) is 0. The first kappa shape index (κ1) is 12.3. The van der Waals surface area contributed by atoms with E-state index in [1.165, 1.54) is 0 Å². The van der Waals surface area contributed by atoms with E-state index < -0.39 is 23.7 Å². The zero-order chi connectivity index (χ0) is 13.4. The predicted octanol–water partition coefficient (Wildman–Crippen LogP) is -0.0638. The number of rotatable bonds is 3. The number of hydrogen-bond donors (Lipinski definition) is 2. The Morgan fingerprint density at radius 2 is 2.11 bits per heavy atom. The molecule has 6 nitrogen and oxygen atoms in total. The number of carboxylic acids is 1. The molecule has 6 heteroatoms. The normalized spacial score (nSPS) is 15.8. The molecule has 1 heterocycles. The lowest BCUT2D eigenvalue weighted by Crippen LogP contribution is -2.44. The lowest BCUT2D eigenvalue weighted by molar-refractivity contribution is -0.138. The minimum absolute atomic E-state index is 0.212. The fraction of sp³-hybridized carbons (Fsp3) is 0.250. The third-order valence-corrected chi connectivity index (χ3v) is 2.82. The molecule has 0 saturated carbocycles. The number of carboxylic acid groups (broad SMARTS) is 1. The first-order valence-electron chi connectivity index (χ1n) is 5.37. The molecule has 94 valence electrons. The fourth-order valence-electron chi connectivity index (χ4n) is 1.87. The van der Waals surface area contributed by atoms with Crippen LogP contribution in [0.5, 0.6) is 0 Å². The fourth-order valence-corrected chi connectivity index (χ4v) is 1.87. The number of carbonyl (C=O) groups excluding carboxylic acids is 2. The molecule has 0 aromatic heterocycles. The number of Topliss-reactive ketones (excluding diaryl/α,β-unsaturated/α-hetero) is 1. The summed E-state index contributed by atoms with van der Waals surface area (Å²) in [5.41, 5.74) is 6.97. The molecule has 0 bridgehead atoms. The van der Waals surface area contributed by atoms with Crippen LogP contribution in [0, 0.1) is 6.92 Å². The average molecular weight is 248 g/mol. The molecule has 1 amide bonds. The minimum atomic E-state index is -1.21. The summed E-state index contributed by atoms with van der Waals surface area (Å²) in [4.78, 5) is 35.3. The maximum atomic E-state index is 11.8. The number of aryl methyl sites for hydroxylation is 1. The molecule has 0 aliphatic carbocycles. The summed E-state index contributed by atoms with van der Waals surface area (Å²) in [7, 11) is 0. The zero-order valence-corrected chi connectivity index (χ0v) is 9.71. The van der Waals surface area contributed by atoms with Crippen molar-refractivity contribution < 1.29 is 19.5 Å². The summed E-state index contributed by atoms with van der Waals surface area (Å²) in [6, 6.07) is 3.78. The summed E-state index contributed by atoms with van der Waals surface area (Å²) >= 11 is 0. The smallest absolute Gasteiger partial charge is 0.322 e. The van der Waals surface area contributed by atoms with Gasteiger partial charge in [0.05, 0.1) is 17.8 Å². The maximum absolute atomic E-state index is 11.8. The highest BCUT2D eigenvalue weighted by molar-refractivity contribution is 6.52. The van der Waals surface area contributed by atoms with Crippen LogP contribution in [0.4, 0.5) is 5.69 Å². The van der Waals surface area contributed by atoms with Crippen molar-refractivity contribution in [3.63, 3.8) is 0 Å². The quantitative estimate of drug-likeness (QED) is 0.729. The van der Waals surface area contributed by atoms with Gasteiger partial charge >= 0.3 is 5.97 Å². The number of benzene rings is 1. The van der Waals surface area contributed by atoms with Crippen LogP contribution in [-0.4, -0.2) is 35.4 Å². The second kappa shape index (κ2) is 4.23. The third kappa shape index (κ3) is 1.86. The van der Waals surface area contributed by atoms with E-state index in [9.17, 15) is 14.4 Å². The molecule has 2 rings (SSSR count). The van der Waals surface area contributed by atoms with Crippen LogP contribution in [0.25, 0.3) is 0 Å². The van der Waals surface area contributed by atoms with E-state index in [-0.39, 0.29) is 6.54 Å². The lowest BCUT2D eigenvalue weighted by Gasteiger charge is -2.18. The number of fused-ring (bicyclic) bond motifs is 1. The monoisotopic (exact) mass is 248 g/mol. The molecule has 3 N–H and O–H groups in total. The van der Waals surface area contributed by atoms with Crippen molar-refractivity contribution in [2.24, 2.45) is 5.73 Å². The van der Waals surface area contributed by atoms with Gasteiger partial charge in [0.1, 0.15) is 6.04 Å². The SMILES string of the molecule is Cc1ccc2c(c1)C(=O)C(=O)N2CC(N)C(=O)O. The van der Waals surface area contributed by atoms with Crippen LogP contribution in [0.2, 0.25) is 0 Å². The molecule has 0 saturated heterocycles. The van der Waals surface area contributed by atoms with Gasteiger partial charge in [-0.1, -0.05) is 11.6 Å². The first-order valence-corrected chi connectivity index (χ1v) is 5.37. The lowest BCUT2D eigenvalue weighted by atomic mass is 10.1. The van der Waals surface area contributed by atoms with Gasteiger partial charge in [0, 0.05) is 0 Å². The highest BCUT2D eigenvalue weighted by Crippen LogP contribution is 2.29. The number of aliphatic carboxylic acids is 1. The Labute approximate surface area is 103 Å². The number of anilines is 1. The van der Waals surface area contributed by atoms with Crippen LogP contribution < -0.4 is 10.6 Å². The van der Waals surface area contributed by atoms with E-state index in [2.05, 4.69) is 0 Å². The van der Waals surface area contributed by atoms with Crippen molar-refractivity contribution in [2.45, 2.75) is 13.0 Å². The maximum Gasteiger partial charge on any atom is 0.322 e. The summed E-state index contributed by atoms with van der Waals surface area (Å²) in [5, 5.41) is 8.74. The Hall–Kier alpha value is -2.21. The molecule has 1 aromatic rings. The molecule has 1 atom stereocenters. The second-order valence-electron chi connectivity index (χ2n) is 4.21. The molecule has 1 aromatic carbocycles. The van der Waals surface area contributed by atoms with Crippen LogP contribution in [0.1, 0.15) is 15.9 Å². The van der Waals surface area contributed by atoms with Gasteiger partial charge in [-0.3, -0.25) is 14.4 Å². The number of carbonyl (C=O) groups is 3. The van der Waals surface area contributed by atoms with Crippen molar-refractivity contribution in [3.8, 4) is 0 Å². The van der Waals surface area contributed by atoms with Gasteiger partial charge in [-0.05, 0) is 19.1 Å². The molecule has 1 aliphatic heterocycles. The topological polar surface area (TPSA) is 101 Å². The summed E-state index contributed by atoms with van der Waals surface area (Å²) in [6.45, 7) is 1.60. The van der Waals surface area contributed by atoms with E-state index in [0.717, 1.165) is 10.5 Å². The highest BCUT2D eigenvalue weighted by Gasteiger charge is 2.37. The van der Waals surface area contributed by atoms with Crippen LogP contribution in [0.15, 0.2) is 18.2 Å². The van der Waals surface area contributed by atoms with Gasteiger partial charge in [-0.25, -0.2) is 0 Å². The Balaban J connectivity index is 2.37. The summed E-state index contributed by atoms with van der Waals surface area (Å²) < 4.78 is 0. The number of ketones is 1. The molecular formula is C12H12N2O4. The van der Waals surface area contributed by atoms with Gasteiger partial charge in [-0.2, -0.15) is 0 Å². The van der Waals surface area contributed by atoms with Gasteiger partial charge in [0.25, 0.3) is 11.7 Å². The average Bonchev–Trinajstić information content (AvgIpc) is 2.54. The second-order valence-corrected chi connectivity index (χ2v) is 4.21. The molecular weight excluding hydrogens is 236 g/mol. The molecule has 0 fully saturated rings. The standard InChI is InChI=1S/C12H12N2O4/c1-6-2-3-9-7(4-6)10(15)11(16)14(9)5-8(13)12(17)18/h2-4,8H,5,13H2,1H3,(H,17,18). The minimum Gasteiger partial charge on any atom is -0.480 e. The van der Waals surface area contributed by atoms with E-state index in [1.807, 2.05) is 6.92 Å². The number of nitrogens with zero attached hydrogens (tertiary/aromatic N) is 1. The highest BCUT2D eigenvalue weighted by atomic mass is 16.4. The van der Waals surface area contributed by atoms with Crippen molar-refractivity contribution in [2.75, 3.05) is 11.4 Å². The van der Waals surface area contributed by atoms with E-state index in [1.54, 1.807) is 18.2 Å². The van der Waals surface area contributed by atoms with Crippen molar-refractivity contribution in [1.82, 2.24) is 0 Å². The van der Waals surface area contributed by atoms with Gasteiger partial charge in [0.2, 0.25) is 0 Å². The zero-order valence-electron chi connectivity index (χ0n) is 9.71. The van der Waals surface area contributed by atoms with Gasteiger partial charge < -0.3 is 15.7 Å². The molecule has 0 spiro atoms. The Morgan fingerprint density at radius 3 is 2.72 bits per heavy atom. The molecule has 18 heavy (non-hydrogen) atoms. The Morgan fingerprint density at radius 1 is 1.44 bits per heavy atom. The van der Waals surface area contributed by atoms with Crippen LogP contribution in [-0.2, 0) is 9.59 Å². The van der Waals surface area contributed by atoms with E-state index >= 15 is 0 Å². The number of amides is 1. The molecule has 0 radical (unpaired) electrons. The number of hydrogen-bond acceptors (Lipinski definition) is 4. The first-order chi connectivity index (χ1) is 8.41.